The van der Waals surface area contributed by atoms with E-state index in [9.17, 15) is 4.79 Å². The van der Waals surface area contributed by atoms with E-state index >= 15 is 0 Å². The summed E-state index contributed by atoms with van der Waals surface area (Å²) in [6.45, 7) is 3.46. The van der Waals surface area contributed by atoms with Crippen LogP contribution in [0.1, 0.15) is 31.2 Å². The Bertz CT molecular complexity index is 839. The van der Waals surface area contributed by atoms with Crippen molar-refractivity contribution in [2.24, 2.45) is 17.8 Å². The summed E-state index contributed by atoms with van der Waals surface area (Å²) in [4.78, 5) is 15.5. The van der Waals surface area contributed by atoms with E-state index in [2.05, 4.69) is 36.2 Å². The molecule has 5 heterocycles. The number of hydrogen-bond donors (Lipinski definition) is 0. The number of piperidine rings is 2. The smallest absolute Gasteiger partial charge is 0.229 e. The Morgan fingerprint density at radius 1 is 1.31 bits per heavy atom. The molecule has 1 saturated carbocycles. The van der Waals surface area contributed by atoms with E-state index in [-0.39, 0.29) is 11.5 Å². The molecule has 0 aromatic heterocycles. The molecule has 0 radical (unpaired) electrons. The first-order chi connectivity index (χ1) is 12.6. The van der Waals surface area contributed by atoms with Gasteiger partial charge in [0.1, 0.15) is 6.04 Å². The van der Waals surface area contributed by atoms with Crippen molar-refractivity contribution in [3.63, 3.8) is 0 Å². The Balaban J connectivity index is 1.55. The SMILES string of the molecule is C[N+]12CCC34c5ccccc5N5C(=O)C[C@@H]6OCC[C@H](C1)[C@H](C[C@@H]32)[C@@H]6[C@H]54. The second kappa shape index (κ2) is 4.36. The minimum absolute atomic E-state index is 0.156. The van der Waals surface area contributed by atoms with Gasteiger partial charge in [-0.15, -0.1) is 0 Å². The highest BCUT2D eigenvalue weighted by molar-refractivity contribution is 5.99. The molecule has 136 valence electrons. The summed E-state index contributed by atoms with van der Waals surface area (Å²) in [5, 5.41) is 0. The Kier molecular flexibility index (Phi) is 2.46. The van der Waals surface area contributed by atoms with Gasteiger partial charge in [0.15, 0.2) is 0 Å². The molecule has 2 unspecified atom stereocenters. The van der Waals surface area contributed by atoms with E-state index in [1.165, 1.54) is 48.1 Å². The van der Waals surface area contributed by atoms with Gasteiger partial charge >= 0.3 is 0 Å². The predicted molar refractivity (Wildman–Crippen MR) is 97.8 cm³/mol. The zero-order valence-corrected chi connectivity index (χ0v) is 15.4. The normalized spacial score (nSPS) is 52.7. The molecule has 1 aromatic carbocycles. The maximum atomic E-state index is 13.3. The van der Waals surface area contributed by atoms with Crippen LogP contribution in [0.2, 0.25) is 0 Å². The molecular formula is C22H27N2O2+. The van der Waals surface area contributed by atoms with E-state index in [0.29, 0.717) is 30.3 Å². The van der Waals surface area contributed by atoms with Gasteiger partial charge in [-0.3, -0.25) is 4.79 Å². The van der Waals surface area contributed by atoms with Crippen molar-refractivity contribution < 1.29 is 14.0 Å². The van der Waals surface area contributed by atoms with Gasteiger partial charge in [-0.2, -0.15) is 0 Å². The minimum atomic E-state index is 0.156. The van der Waals surface area contributed by atoms with Crippen LogP contribution in [0.25, 0.3) is 0 Å². The number of fused-ring (bicyclic) bond motifs is 2. The lowest BCUT2D eigenvalue weighted by Gasteiger charge is -2.60. The molecule has 5 aliphatic heterocycles. The van der Waals surface area contributed by atoms with Crippen molar-refractivity contribution in [2.75, 3.05) is 31.6 Å². The van der Waals surface area contributed by atoms with Crippen LogP contribution >= 0.6 is 0 Å². The fourth-order valence-electron chi connectivity index (χ4n) is 8.64. The summed E-state index contributed by atoms with van der Waals surface area (Å²) >= 11 is 0. The number of anilines is 1. The number of benzene rings is 1. The highest BCUT2D eigenvalue weighted by atomic mass is 16.5. The van der Waals surface area contributed by atoms with Crippen molar-refractivity contribution in [3.8, 4) is 0 Å². The lowest BCUT2D eigenvalue weighted by molar-refractivity contribution is -0.934. The predicted octanol–water partition coefficient (Wildman–Crippen LogP) is 2.32. The van der Waals surface area contributed by atoms with Crippen LogP contribution in [-0.4, -0.2) is 55.3 Å². The topological polar surface area (TPSA) is 29.5 Å². The van der Waals surface area contributed by atoms with E-state index in [0.717, 1.165) is 18.4 Å². The van der Waals surface area contributed by atoms with Crippen LogP contribution in [0, 0.1) is 17.8 Å². The summed E-state index contributed by atoms with van der Waals surface area (Å²) in [5.41, 5.74) is 2.87. The number of amides is 1. The lowest BCUT2D eigenvalue weighted by Crippen LogP contribution is -2.73. The number of quaternary nitrogens is 1. The van der Waals surface area contributed by atoms with Crippen molar-refractivity contribution >= 4 is 11.6 Å². The van der Waals surface area contributed by atoms with Crippen LogP contribution in [0.15, 0.2) is 24.3 Å². The highest BCUT2D eigenvalue weighted by Crippen LogP contribution is 2.67. The number of carbonyl (C=O) groups excluding carboxylic acids is 1. The Hall–Kier alpha value is -1.39. The first-order valence-corrected chi connectivity index (χ1v) is 10.5. The van der Waals surface area contributed by atoms with Crippen LogP contribution < -0.4 is 4.90 Å². The standard InChI is InChI=1S/C22H27N2O2/c1-24-8-7-22-15-4-2-3-5-16(15)23-19(25)11-17-20(21(22)23)14(10-18(22)24)13(12-24)6-9-26-17/h2-5,13-14,17-18,20-21H,6-12H2,1H3/q+1/t13-,14+,17+,18+,20+,21+,22?,24?/m1/s1. The quantitative estimate of drug-likeness (QED) is 0.672. The average molecular weight is 351 g/mol. The maximum Gasteiger partial charge on any atom is 0.229 e. The van der Waals surface area contributed by atoms with Gasteiger partial charge < -0.3 is 14.1 Å². The fourth-order valence-corrected chi connectivity index (χ4v) is 8.64. The largest absolute Gasteiger partial charge is 0.377 e. The van der Waals surface area contributed by atoms with Crippen molar-refractivity contribution in [1.29, 1.82) is 0 Å². The van der Waals surface area contributed by atoms with Crippen LogP contribution in [0.5, 0.6) is 0 Å². The number of likely N-dealkylation sites (N-methyl/N-ethyl adjacent to an activating group) is 1. The van der Waals surface area contributed by atoms with E-state index in [4.69, 9.17) is 4.74 Å². The molecular weight excluding hydrogens is 324 g/mol. The van der Waals surface area contributed by atoms with Crippen molar-refractivity contribution in [2.45, 2.75) is 49.3 Å². The molecule has 2 bridgehead atoms. The van der Waals surface area contributed by atoms with Gasteiger partial charge in [-0.25, -0.2) is 0 Å². The van der Waals surface area contributed by atoms with Gasteiger partial charge in [-0.1, -0.05) is 18.2 Å². The molecule has 8 atom stereocenters. The first kappa shape index (κ1) is 14.6. The molecule has 1 aliphatic carbocycles. The van der Waals surface area contributed by atoms with Crippen LogP contribution in [0.4, 0.5) is 5.69 Å². The Morgan fingerprint density at radius 2 is 2.19 bits per heavy atom. The fraction of sp³-hybridized carbons (Fsp3) is 0.682. The van der Waals surface area contributed by atoms with Gasteiger partial charge in [0.25, 0.3) is 0 Å². The number of rotatable bonds is 0. The average Bonchev–Trinajstić information content (AvgIpc) is 3.05. The zero-order chi connectivity index (χ0) is 17.3. The number of para-hydroxylation sites is 1. The molecule has 1 amide bonds. The molecule has 4 saturated heterocycles. The Morgan fingerprint density at radius 3 is 3.12 bits per heavy atom. The lowest BCUT2D eigenvalue weighted by atomic mass is 9.52. The molecule has 0 N–H and O–H groups in total. The third kappa shape index (κ3) is 1.38. The molecule has 1 aromatic rings. The second-order valence-electron chi connectivity index (χ2n) is 10.1. The van der Waals surface area contributed by atoms with Gasteiger partial charge in [0, 0.05) is 37.0 Å². The summed E-state index contributed by atoms with van der Waals surface area (Å²) in [6.07, 6.45) is 4.52. The minimum Gasteiger partial charge on any atom is -0.377 e. The molecule has 5 fully saturated rings. The number of hydrogen-bond acceptors (Lipinski definition) is 2. The third-order valence-electron chi connectivity index (χ3n) is 9.36. The van der Waals surface area contributed by atoms with Gasteiger partial charge in [0.05, 0.1) is 44.1 Å². The second-order valence-corrected chi connectivity index (χ2v) is 10.1. The summed E-state index contributed by atoms with van der Waals surface area (Å²) in [7, 11) is 2.51. The van der Waals surface area contributed by atoms with E-state index in [1.54, 1.807) is 0 Å². The molecule has 7 rings (SSSR count). The summed E-state index contributed by atoms with van der Waals surface area (Å²) in [5.74, 6) is 2.37. The van der Waals surface area contributed by atoms with Crippen molar-refractivity contribution in [1.82, 2.24) is 0 Å². The van der Waals surface area contributed by atoms with Crippen LogP contribution in [0.3, 0.4) is 0 Å². The van der Waals surface area contributed by atoms with E-state index in [1.807, 2.05) is 0 Å². The highest BCUT2D eigenvalue weighted by Gasteiger charge is 2.75. The number of ether oxygens (including phenoxy) is 1. The zero-order valence-electron chi connectivity index (χ0n) is 15.4. The van der Waals surface area contributed by atoms with Gasteiger partial charge in [-0.05, 0) is 24.0 Å². The monoisotopic (exact) mass is 351 g/mol. The summed E-state index contributed by atoms with van der Waals surface area (Å²) < 4.78 is 7.60. The molecule has 26 heavy (non-hydrogen) atoms. The molecule has 4 nitrogen and oxygen atoms in total. The number of nitrogens with zero attached hydrogens (tertiary/aromatic N) is 2. The Labute approximate surface area is 154 Å². The van der Waals surface area contributed by atoms with E-state index < -0.39 is 0 Å². The van der Waals surface area contributed by atoms with Crippen molar-refractivity contribution in [3.05, 3.63) is 29.8 Å². The maximum absolute atomic E-state index is 13.3. The van der Waals surface area contributed by atoms with Gasteiger partial charge in [0.2, 0.25) is 5.91 Å². The molecule has 6 aliphatic rings. The third-order valence-corrected chi connectivity index (χ3v) is 9.36. The van der Waals surface area contributed by atoms with Crippen LogP contribution in [-0.2, 0) is 14.9 Å². The molecule has 4 heteroatoms. The molecule has 1 spiro atoms. The number of carbonyl (C=O) groups is 1. The summed E-state index contributed by atoms with van der Waals surface area (Å²) in [6, 6.07) is 9.89. The first-order valence-electron chi connectivity index (χ1n) is 10.5.